The summed E-state index contributed by atoms with van der Waals surface area (Å²) in [4.78, 5) is 0. The SMILES string of the molecule is CNC1CCC(N(C)S(=O)(=O)N2CCCC2)CC1. The fraction of sp³-hybridized carbons (Fsp3) is 1.00. The Morgan fingerprint density at radius 2 is 1.67 bits per heavy atom. The van der Waals surface area contributed by atoms with E-state index in [-0.39, 0.29) is 6.04 Å². The first-order chi connectivity index (χ1) is 8.55. The van der Waals surface area contributed by atoms with Gasteiger partial charge in [0, 0.05) is 32.2 Å². The first-order valence-corrected chi connectivity index (χ1v) is 8.35. The van der Waals surface area contributed by atoms with Crippen LogP contribution in [0.25, 0.3) is 0 Å². The fourth-order valence-corrected chi connectivity index (χ4v) is 4.69. The van der Waals surface area contributed by atoms with Gasteiger partial charge in [-0.15, -0.1) is 0 Å². The average molecular weight is 275 g/mol. The lowest BCUT2D eigenvalue weighted by atomic mass is 9.91. The molecule has 106 valence electrons. The van der Waals surface area contributed by atoms with Gasteiger partial charge in [-0.05, 0) is 45.6 Å². The van der Waals surface area contributed by atoms with Crippen molar-refractivity contribution in [3.63, 3.8) is 0 Å². The van der Waals surface area contributed by atoms with Crippen molar-refractivity contribution >= 4 is 10.2 Å². The Bertz CT molecular complexity index is 358. The van der Waals surface area contributed by atoms with E-state index in [1.54, 1.807) is 15.7 Å². The number of hydrogen-bond acceptors (Lipinski definition) is 3. The van der Waals surface area contributed by atoms with Crippen LogP contribution < -0.4 is 5.32 Å². The van der Waals surface area contributed by atoms with Crippen molar-refractivity contribution in [1.29, 1.82) is 0 Å². The molecule has 0 aromatic heterocycles. The molecule has 1 aliphatic carbocycles. The van der Waals surface area contributed by atoms with Gasteiger partial charge in [-0.3, -0.25) is 0 Å². The summed E-state index contributed by atoms with van der Waals surface area (Å²) < 4.78 is 28.1. The molecule has 2 rings (SSSR count). The second kappa shape index (κ2) is 5.86. The molecular weight excluding hydrogens is 250 g/mol. The van der Waals surface area contributed by atoms with Gasteiger partial charge < -0.3 is 5.32 Å². The van der Waals surface area contributed by atoms with Crippen LogP contribution in [0.2, 0.25) is 0 Å². The minimum atomic E-state index is -3.22. The molecular formula is C12H25N3O2S. The van der Waals surface area contributed by atoms with Crippen molar-refractivity contribution in [3.8, 4) is 0 Å². The van der Waals surface area contributed by atoms with Crippen LogP contribution in [0.5, 0.6) is 0 Å². The second-order valence-corrected chi connectivity index (χ2v) is 7.41. The highest BCUT2D eigenvalue weighted by Crippen LogP contribution is 2.26. The molecule has 1 aliphatic heterocycles. The summed E-state index contributed by atoms with van der Waals surface area (Å²) in [6.45, 7) is 1.39. The van der Waals surface area contributed by atoms with Gasteiger partial charge in [-0.25, -0.2) is 0 Å². The Hall–Kier alpha value is -0.170. The summed E-state index contributed by atoms with van der Waals surface area (Å²) in [5.41, 5.74) is 0. The van der Waals surface area contributed by atoms with E-state index in [0.29, 0.717) is 19.1 Å². The van der Waals surface area contributed by atoms with Crippen LogP contribution in [0, 0.1) is 0 Å². The van der Waals surface area contributed by atoms with Crippen molar-refractivity contribution in [2.45, 2.75) is 50.6 Å². The zero-order valence-corrected chi connectivity index (χ0v) is 12.2. The van der Waals surface area contributed by atoms with E-state index in [1.165, 1.54) is 0 Å². The van der Waals surface area contributed by atoms with Gasteiger partial charge in [0.2, 0.25) is 0 Å². The monoisotopic (exact) mass is 275 g/mol. The van der Waals surface area contributed by atoms with E-state index in [9.17, 15) is 8.42 Å². The normalized spacial score (nSPS) is 31.1. The molecule has 6 heteroatoms. The van der Waals surface area contributed by atoms with Crippen LogP contribution >= 0.6 is 0 Å². The number of hydrogen-bond donors (Lipinski definition) is 1. The maximum absolute atomic E-state index is 12.4. The minimum absolute atomic E-state index is 0.181. The van der Waals surface area contributed by atoms with Crippen LogP contribution in [-0.2, 0) is 10.2 Å². The lowest BCUT2D eigenvalue weighted by molar-refractivity contribution is 0.243. The predicted octanol–water partition coefficient (Wildman–Crippen LogP) is 0.789. The van der Waals surface area contributed by atoms with E-state index < -0.39 is 10.2 Å². The van der Waals surface area contributed by atoms with Crippen LogP contribution in [-0.4, -0.2) is 56.3 Å². The highest BCUT2D eigenvalue weighted by Gasteiger charge is 2.35. The molecule has 0 atom stereocenters. The van der Waals surface area contributed by atoms with Gasteiger partial charge in [0.25, 0.3) is 10.2 Å². The first-order valence-electron chi connectivity index (χ1n) is 6.96. The van der Waals surface area contributed by atoms with E-state index in [2.05, 4.69) is 5.32 Å². The third-order valence-corrected chi connectivity index (χ3v) is 6.42. The summed E-state index contributed by atoms with van der Waals surface area (Å²) >= 11 is 0. The number of rotatable bonds is 4. The number of nitrogens with zero attached hydrogens (tertiary/aromatic N) is 2. The van der Waals surface area contributed by atoms with Crippen molar-refractivity contribution in [2.24, 2.45) is 0 Å². The van der Waals surface area contributed by atoms with Gasteiger partial charge in [0.05, 0.1) is 0 Å². The maximum atomic E-state index is 12.4. The van der Waals surface area contributed by atoms with Crippen molar-refractivity contribution in [1.82, 2.24) is 13.9 Å². The summed E-state index contributed by atoms with van der Waals surface area (Å²) in [6, 6.07) is 0.740. The quantitative estimate of drug-likeness (QED) is 0.825. The topological polar surface area (TPSA) is 52.7 Å². The summed E-state index contributed by atoms with van der Waals surface area (Å²) in [6.07, 6.45) is 6.07. The third-order valence-electron chi connectivity index (χ3n) is 4.37. The Labute approximate surface area is 111 Å². The maximum Gasteiger partial charge on any atom is 0.281 e. The average Bonchev–Trinajstić information content (AvgIpc) is 2.92. The predicted molar refractivity (Wildman–Crippen MR) is 72.6 cm³/mol. The molecule has 1 saturated heterocycles. The lowest BCUT2D eigenvalue weighted by Gasteiger charge is -2.35. The second-order valence-electron chi connectivity index (χ2n) is 5.42. The van der Waals surface area contributed by atoms with Gasteiger partial charge >= 0.3 is 0 Å². The molecule has 1 heterocycles. The van der Waals surface area contributed by atoms with Crippen LogP contribution in [0.3, 0.4) is 0 Å². The van der Waals surface area contributed by atoms with Gasteiger partial charge in [0.15, 0.2) is 0 Å². The molecule has 1 N–H and O–H groups in total. The molecule has 0 aromatic carbocycles. The standard InChI is InChI=1S/C12H25N3O2S/c1-13-11-5-7-12(8-6-11)14(2)18(16,17)15-9-3-4-10-15/h11-13H,3-10H2,1-2H3. The van der Waals surface area contributed by atoms with Gasteiger partial charge in [-0.1, -0.05) is 0 Å². The summed E-state index contributed by atoms with van der Waals surface area (Å²) in [7, 11) is 0.514. The highest BCUT2D eigenvalue weighted by atomic mass is 32.2. The first kappa shape index (κ1) is 14.2. The molecule has 0 bridgehead atoms. The zero-order valence-electron chi connectivity index (χ0n) is 11.4. The lowest BCUT2D eigenvalue weighted by Crippen LogP contribution is -2.47. The third kappa shape index (κ3) is 2.87. The molecule has 0 aromatic rings. The Morgan fingerprint density at radius 3 is 2.17 bits per heavy atom. The molecule has 0 radical (unpaired) electrons. The highest BCUT2D eigenvalue weighted by molar-refractivity contribution is 7.86. The van der Waals surface area contributed by atoms with E-state index in [0.717, 1.165) is 38.5 Å². The molecule has 2 aliphatic rings. The van der Waals surface area contributed by atoms with E-state index >= 15 is 0 Å². The largest absolute Gasteiger partial charge is 0.317 e. The van der Waals surface area contributed by atoms with Gasteiger partial charge in [-0.2, -0.15) is 17.0 Å². The zero-order chi connectivity index (χ0) is 13.2. The van der Waals surface area contributed by atoms with Crippen LogP contribution in [0.15, 0.2) is 0 Å². The van der Waals surface area contributed by atoms with E-state index in [1.807, 2.05) is 7.05 Å². The minimum Gasteiger partial charge on any atom is -0.317 e. The Balaban J connectivity index is 1.96. The van der Waals surface area contributed by atoms with Gasteiger partial charge in [0.1, 0.15) is 0 Å². The molecule has 18 heavy (non-hydrogen) atoms. The van der Waals surface area contributed by atoms with Crippen molar-refractivity contribution < 1.29 is 8.42 Å². The van der Waals surface area contributed by atoms with Crippen molar-refractivity contribution in [2.75, 3.05) is 27.2 Å². The Morgan fingerprint density at radius 1 is 1.11 bits per heavy atom. The Kier molecular flexibility index (Phi) is 4.64. The van der Waals surface area contributed by atoms with E-state index in [4.69, 9.17) is 0 Å². The van der Waals surface area contributed by atoms with Crippen molar-refractivity contribution in [3.05, 3.63) is 0 Å². The molecule has 5 nitrogen and oxygen atoms in total. The van der Waals surface area contributed by atoms with Crippen LogP contribution in [0.4, 0.5) is 0 Å². The number of nitrogens with one attached hydrogen (secondary N) is 1. The summed E-state index contributed by atoms with van der Waals surface area (Å²) in [5, 5.41) is 3.28. The summed E-state index contributed by atoms with van der Waals surface area (Å²) in [5.74, 6) is 0. The molecule has 0 unspecified atom stereocenters. The molecule has 2 fully saturated rings. The fourth-order valence-electron chi connectivity index (χ4n) is 3.02. The molecule has 0 amide bonds. The smallest absolute Gasteiger partial charge is 0.281 e. The molecule has 1 saturated carbocycles. The molecule has 0 spiro atoms. The van der Waals surface area contributed by atoms with Crippen LogP contribution in [0.1, 0.15) is 38.5 Å².